The van der Waals surface area contributed by atoms with Gasteiger partial charge in [-0.1, -0.05) is 0 Å². The first kappa shape index (κ1) is 9.04. The normalized spacial score (nSPS) is 36.4. The average Bonchev–Trinajstić information content (AvgIpc) is 2.75. The van der Waals surface area contributed by atoms with Gasteiger partial charge in [-0.05, 0) is 12.8 Å². The van der Waals surface area contributed by atoms with Crippen LogP contribution in [0.15, 0.2) is 0 Å². The number of alkyl halides is 2. The molecule has 2 aliphatic carbocycles. The van der Waals surface area contributed by atoms with Gasteiger partial charge in [0.2, 0.25) is 0 Å². The summed E-state index contributed by atoms with van der Waals surface area (Å²) in [5, 5.41) is 0. The number of rotatable bonds is 0. The first-order valence-electron chi connectivity index (χ1n) is 5.23. The highest BCUT2D eigenvalue weighted by atomic mass is 19.3. The SMILES string of the molecule is FC1(F)CCC2(CC13CC3)OCCO2. The quantitative estimate of drug-likeness (QED) is 0.603. The molecule has 2 nitrogen and oxygen atoms in total. The third-order valence-electron chi connectivity index (χ3n) is 3.87. The number of halogens is 2. The summed E-state index contributed by atoms with van der Waals surface area (Å²) >= 11 is 0. The zero-order chi connectivity index (χ0) is 9.86. The first-order valence-corrected chi connectivity index (χ1v) is 5.23. The van der Waals surface area contributed by atoms with Crippen molar-refractivity contribution in [3.63, 3.8) is 0 Å². The smallest absolute Gasteiger partial charge is 0.254 e. The highest BCUT2D eigenvalue weighted by Crippen LogP contribution is 2.66. The predicted molar refractivity (Wildman–Crippen MR) is 45.1 cm³/mol. The molecule has 3 aliphatic rings. The molecule has 0 aromatic rings. The molecular weight excluding hydrogens is 190 g/mol. The molecule has 0 radical (unpaired) electrons. The van der Waals surface area contributed by atoms with Crippen LogP contribution in [-0.4, -0.2) is 24.9 Å². The average molecular weight is 204 g/mol. The van der Waals surface area contributed by atoms with Crippen LogP contribution in [0.25, 0.3) is 0 Å². The second-order valence-electron chi connectivity index (χ2n) is 4.77. The number of hydrogen-bond acceptors (Lipinski definition) is 2. The molecule has 1 aliphatic heterocycles. The Labute approximate surface area is 81.6 Å². The number of ether oxygens (including phenoxy) is 2. The second-order valence-corrected chi connectivity index (χ2v) is 4.77. The minimum atomic E-state index is -2.49. The Morgan fingerprint density at radius 3 is 2.07 bits per heavy atom. The van der Waals surface area contributed by atoms with E-state index in [-0.39, 0.29) is 6.42 Å². The van der Waals surface area contributed by atoms with Crippen molar-refractivity contribution in [2.24, 2.45) is 5.41 Å². The molecule has 14 heavy (non-hydrogen) atoms. The monoisotopic (exact) mass is 204 g/mol. The van der Waals surface area contributed by atoms with E-state index in [1.54, 1.807) is 0 Å². The van der Waals surface area contributed by atoms with Crippen LogP contribution in [0.3, 0.4) is 0 Å². The van der Waals surface area contributed by atoms with Gasteiger partial charge in [0.15, 0.2) is 5.79 Å². The van der Waals surface area contributed by atoms with Crippen LogP contribution in [0.2, 0.25) is 0 Å². The van der Waals surface area contributed by atoms with Gasteiger partial charge in [0.1, 0.15) is 0 Å². The molecule has 2 spiro atoms. The maximum Gasteiger partial charge on any atom is 0.254 e. The van der Waals surface area contributed by atoms with Crippen molar-refractivity contribution in [2.45, 2.75) is 43.8 Å². The van der Waals surface area contributed by atoms with Gasteiger partial charge in [-0.3, -0.25) is 0 Å². The third kappa shape index (κ3) is 1.07. The molecule has 0 bridgehead atoms. The molecule has 0 atom stereocenters. The first-order chi connectivity index (χ1) is 6.58. The summed E-state index contributed by atoms with van der Waals surface area (Å²) in [5.41, 5.74) is -0.782. The van der Waals surface area contributed by atoms with Gasteiger partial charge in [0.25, 0.3) is 5.92 Å². The van der Waals surface area contributed by atoms with E-state index in [1.807, 2.05) is 0 Å². The fourth-order valence-corrected chi connectivity index (χ4v) is 2.78. The van der Waals surface area contributed by atoms with Gasteiger partial charge in [-0.25, -0.2) is 8.78 Å². The summed E-state index contributed by atoms with van der Waals surface area (Å²) < 4.78 is 38.1. The minimum Gasteiger partial charge on any atom is -0.348 e. The summed E-state index contributed by atoms with van der Waals surface area (Å²) in [6.45, 7) is 1.11. The summed E-state index contributed by atoms with van der Waals surface area (Å²) in [7, 11) is 0. The van der Waals surface area contributed by atoms with Crippen molar-refractivity contribution in [3.8, 4) is 0 Å². The van der Waals surface area contributed by atoms with Gasteiger partial charge in [0.05, 0.1) is 13.2 Å². The van der Waals surface area contributed by atoms with Crippen molar-refractivity contribution in [2.75, 3.05) is 13.2 Å². The van der Waals surface area contributed by atoms with Gasteiger partial charge >= 0.3 is 0 Å². The zero-order valence-corrected chi connectivity index (χ0v) is 8.02. The molecule has 4 heteroatoms. The van der Waals surface area contributed by atoms with E-state index in [2.05, 4.69) is 0 Å². The van der Waals surface area contributed by atoms with E-state index in [1.165, 1.54) is 0 Å². The van der Waals surface area contributed by atoms with Crippen molar-refractivity contribution in [3.05, 3.63) is 0 Å². The molecular formula is C10H14F2O2. The van der Waals surface area contributed by atoms with Gasteiger partial charge in [0, 0.05) is 24.7 Å². The highest BCUT2D eigenvalue weighted by Gasteiger charge is 2.68. The Morgan fingerprint density at radius 2 is 1.50 bits per heavy atom. The van der Waals surface area contributed by atoms with E-state index in [9.17, 15) is 8.78 Å². The highest BCUT2D eigenvalue weighted by molar-refractivity contribution is 5.10. The molecule has 3 fully saturated rings. The van der Waals surface area contributed by atoms with Crippen molar-refractivity contribution < 1.29 is 18.3 Å². The molecule has 1 heterocycles. The Bertz CT molecular complexity index is 255. The fraction of sp³-hybridized carbons (Fsp3) is 1.00. The Balaban J connectivity index is 1.83. The molecule has 80 valence electrons. The predicted octanol–water partition coefficient (Wildman–Crippen LogP) is 2.33. The van der Waals surface area contributed by atoms with Crippen LogP contribution in [0, 0.1) is 5.41 Å². The lowest BCUT2D eigenvalue weighted by Gasteiger charge is -2.41. The van der Waals surface area contributed by atoms with E-state index in [0.717, 1.165) is 0 Å². The van der Waals surface area contributed by atoms with Crippen LogP contribution in [0.4, 0.5) is 8.78 Å². The van der Waals surface area contributed by atoms with Crippen LogP contribution >= 0.6 is 0 Å². The number of hydrogen-bond donors (Lipinski definition) is 0. The largest absolute Gasteiger partial charge is 0.348 e. The minimum absolute atomic E-state index is 0.0764. The Morgan fingerprint density at radius 1 is 0.857 bits per heavy atom. The fourth-order valence-electron chi connectivity index (χ4n) is 2.78. The molecule has 1 saturated heterocycles. The van der Waals surface area contributed by atoms with Crippen LogP contribution in [0.1, 0.15) is 32.1 Å². The Hall–Kier alpha value is -0.220. The lowest BCUT2D eigenvalue weighted by Crippen LogP contribution is -2.47. The van der Waals surface area contributed by atoms with Crippen LogP contribution in [-0.2, 0) is 9.47 Å². The summed E-state index contributed by atoms with van der Waals surface area (Å²) in [4.78, 5) is 0. The third-order valence-corrected chi connectivity index (χ3v) is 3.87. The van der Waals surface area contributed by atoms with E-state index in [4.69, 9.17) is 9.47 Å². The van der Waals surface area contributed by atoms with Gasteiger partial charge < -0.3 is 9.47 Å². The lowest BCUT2D eigenvalue weighted by atomic mass is 9.79. The van der Waals surface area contributed by atoms with Crippen LogP contribution < -0.4 is 0 Å². The molecule has 0 aromatic carbocycles. The molecule has 3 rings (SSSR count). The molecule has 0 aromatic heterocycles. The lowest BCUT2D eigenvalue weighted by molar-refractivity contribution is -0.240. The van der Waals surface area contributed by atoms with Crippen LogP contribution in [0.5, 0.6) is 0 Å². The van der Waals surface area contributed by atoms with Gasteiger partial charge in [-0.2, -0.15) is 0 Å². The van der Waals surface area contributed by atoms with Crippen molar-refractivity contribution >= 4 is 0 Å². The standard InChI is InChI=1S/C10H14F2O2/c11-10(12)4-3-9(13-5-6-14-9)7-8(10)1-2-8/h1-7H2. The van der Waals surface area contributed by atoms with Gasteiger partial charge in [-0.15, -0.1) is 0 Å². The van der Waals surface area contributed by atoms with E-state index in [0.29, 0.717) is 38.9 Å². The Kier molecular flexibility index (Phi) is 1.60. The van der Waals surface area contributed by atoms with E-state index >= 15 is 0 Å². The molecule has 0 N–H and O–H groups in total. The zero-order valence-electron chi connectivity index (χ0n) is 8.02. The van der Waals surface area contributed by atoms with Crippen molar-refractivity contribution in [1.82, 2.24) is 0 Å². The summed E-state index contributed by atoms with van der Waals surface area (Å²) in [6.07, 6.45) is 1.94. The summed E-state index contributed by atoms with van der Waals surface area (Å²) in [5.74, 6) is -3.15. The molecule has 2 saturated carbocycles. The second kappa shape index (κ2) is 2.47. The van der Waals surface area contributed by atoms with Crippen molar-refractivity contribution in [1.29, 1.82) is 0 Å². The topological polar surface area (TPSA) is 18.5 Å². The maximum atomic E-state index is 13.6. The summed E-state index contributed by atoms with van der Waals surface area (Å²) in [6, 6.07) is 0. The maximum absolute atomic E-state index is 13.6. The van der Waals surface area contributed by atoms with E-state index < -0.39 is 17.1 Å². The molecule has 0 unspecified atom stereocenters. The molecule has 0 amide bonds.